The fraction of sp³-hybridized carbons (Fsp3) is 0.185. The Bertz CT molecular complexity index is 1350. The van der Waals surface area contributed by atoms with Crippen LogP contribution in [0, 0.1) is 0 Å². The summed E-state index contributed by atoms with van der Waals surface area (Å²) in [5, 5.41) is 3.29. The van der Waals surface area contributed by atoms with E-state index in [-0.39, 0.29) is 17.6 Å². The van der Waals surface area contributed by atoms with Crippen LogP contribution >= 0.6 is 11.8 Å². The van der Waals surface area contributed by atoms with Gasteiger partial charge in [-0.2, -0.15) is 0 Å². The third-order valence-electron chi connectivity index (χ3n) is 5.79. The molecule has 0 aromatic heterocycles. The number of amidine groups is 2. The SMILES string of the molecule is COc1cc(NC(=O)CSC2=Nc3ccccc3C3=NC(Cc4ccccc4)C(=O)N23)cc(OC)c1. The number of rotatable bonds is 7. The van der Waals surface area contributed by atoms with Crippen LogP contribution in [-0.4, -0.2) is 53.7 Å². The Balaban J connectivity index is 1.35. The number of ether oxygens (including phenoxy) is 2. The zero-order valence-corrected chi connectivity index (χ0v) is 20.6. The van der Waals surface area contributed by atoms with Gasteiger partial charge in [-0.3, -0.25) is 14.6 Å². The number of fused-ring (bicyclic) bond motifs is 3. The van der Waals surface area contributed by atoms with E-state index in [0.717, 1.165) is 16.8 Å². The van der Waals surface area contributed by atoms with Crippen LogP contribution in [0.3, 0.4) is 0 Å². The fourth-order valence-corrected chi connectivity index (χ4v) is 4.88. The van der Waals surface area contributed by atoms with Gasteiger partial charge < -0.3 is 14.8 Å². The van der Waals surface area contributed by atoms with Gasteiger partial charge in [0.1, 0.15) is 23.4 Å². The molecule has 5 rings (SSSR count). The van der Waals surface area contributed by atoms with Crippen molar-refractivity contribution in [1.29, 1.82) is 0 Å². The molecule has 1 unspecified atom stereocenters. The summed E-state index contributed by atoms with van der Waals surface area (Å²) in [7, 11) is 3.10. The molecule has 0 aliphatic carbocycles. The van der Waals surface area contributed by atoms with Crippen molar-refractivity contribution in [2.24, 2.45) is 9.98 Å². The number of carbonyl (C=O) groups is 2. The maximum atomic E-state index is 13.4. The van der Waals surface area contributed by atoms with E-state index in [1.807, 2.05) is 54.6 Å². The van der Waals surface area contributed by atoms with Gasteiger partial charge in [0.25, 0.3) is 5.91 Å². The van der Waals surface area contributed by atoms with Crippen molar-refractivity contribution >= 4 is 46.0 Å². The van der Waals surface area contributed by atoms with Crippen LogP contribution < -0.4 is 14.8 Å². The predicted molar refractivity (Wildman–Crippen MR) is 141 cm³/mol. The molecule has 0 bridgehead atoms. The van der Waals surface area contributed by atoms with Crippen molar-refractivity contribution < 1.29 is 19.1 Å². The number of amides is 2. The summed E-state index contributed by atoms with van der Waals surface area (Å²) in [4.78, 5) is 37.2. The number of aliphatic imine (C=N–C) groups is 2. The average molecular weight is 501 g/mol. The first-order chi connectivity index (χ1) is 17.6. The molecule has 1 N–H and O–H groups in total. The number of hydrogen-bond acceptors (Lipinski definition) is 7. The standard InChI is InChI=1S/C27H24N4O4S/c1-34-19-13-18(14-20(15-19)35-2)28-24(32)16-36-27-30-22-11-7-6-10-21(22)25-29-23(26(33)31(25)27)12-17-8-4-3-5-9-17/h3-11,13-15,23H,12,16H2,1-2H3,(H,28,32). The Kier molecular flexibility index (Phi) is 6.73. The monoisotopic (exact) mass is 500 g/mol. The number of benzene rings is 3. The number of nitrogens with one attached hydrogen (secondary N) is 1. The first kappa shape index (κ1) is 23.6. The quantitative estimate of drug-likeness (QED) is 0.523. The lowest BCUT2D eigenvalue weighted by molar-refractivity contribution is -0.124. The van der Waals surface area contributed by atoms with E-state index in [4.69, 9.17) is 19.5 Å². The van der Waals surface area contributed by atoms with Gasteiger partial charge in [0.15, 0.2) is 5.17 Å². The maximum absolute atomic E-state index is 13.4. The lowest BCUT2D eigenvalue weighted by Crippen LogP contribution is -2.41. The largest absolute Gasteiger partial charge is 0.497 e. The minimum absolute atomic E-state index is 0.0565. The number of methoxy groups -OCH3 is 2. The third kappa shape index (κ3) is 4.83. The summed E-state index contributed by atoms with van der Waals surface area (Å²) in [6.07, 6.45) is 0.498. The summed E-state index contributed by atoms with van der Waals surface area (Å²) in [6.45, 7) is 0. The molecule has 0 saturated heterocycles. The second kappa shape index (κ2) is 10.2. The molecule has 3 aromatic rings. The Morgan fingerprint density at radius 2 is 1.69 bits per heavy atom. The molecular formula is C27H24N4O4S. The van der Waals surface area contributed by atoms with Gasteiger partial charge in [-0.1, -0.05) is 54.2 Å². The fourth-order valence-electron chi connectivity index (χ4n) is 4.08. The molecule has 2 amide bonds. The number of hydrogen-bond donors (Lipinski definition) is 1. The number of thioether (sulfide) groups is 1. The summed E-state index contributed by atoms with van der Waals surface area (Å²) in [5.74, 6) is 1.38. The molecule has 182 valence electrons. The predicted octanol–water partition coefficient (Wildman–Crippen LogP) is 4.28. The first-order valence-corrected chi connectivity index (χ1v) is 12.3. The van der Waals surface area contributed by atoms with E-state index in [1.165, 1.54) is 11.8 Å². The van der Waals surface area contributed by atoms with Gasteiger partial charge in [0.2, 0.25) is 5.91 Å². The number of anilines is 1. The zero-order valence-electron chi connectivity index (χ0n) is 19.8. The molecule has 9 heteroatoms. The molecule has 0 saturated carbocycles. The number of nitrogens with zero attached hydrogens (tertiary/aromatic N) is 3. The van der Waals surface area contributed by atoms with Gasteiger partial charge in [0, 0.05) is 35.9 Å². The highest BCUT2D eigenvalue weighted by Gasteiger charge is 2.41. The summed E-state index contributed by atoms with van der Waals surface area (Å²) >= 11 is 1.20. The molecule has 0 fully saturated rings. The van der Waals surface area contributed by atoms with Gasteiger partial charge in [-0.15, -0.1) is 0 Å². The Morgan fingerprint density at radius 1 is 1.00 bits per heavy atom. The molecule has 2 heterocycles. The molecule has 2 aliphatic rings. The minimum atomic E-state index is -0.544. The summed E-state index contributed by atoms with van der Waals surface area (Å²) in [6, 6.07) is 22.0. The molecule has 0 spiro atoms. The molecule has 36 heavy (non-hydrogen) atoms. The van der Waals surface area contributed by atoms with Crippen LogP contribution in [0.1, 0.15) is 11.1 Å². The van der Waals surface area contributed by atoms with Crippen molar-refractivity contribution in [1.82, 2.24) is 4.90 Å². The van der Waals surface area contributed by atoms with Crippen LogP contribution in [0.15, 0.2) is 82.8 Å². The molecular weight excluding hydrogens is 476 g/mol. The Labute approximate surface area is 213 Å². The zero-order chi connectivity index (χ0) is 25.1. The van der Waals surface area contributed by atoms with Crippen molar-refractivity contribution in [3.63, 3.8) is 0 Å². The van der Waals surface area contributed by atoms with Crippen LogP contribution in [0.2, 0.25) is 0 Å². The van der Waals surface area contributed by atoms with E-state index in [2.05, 4.69) is 5.32 Å². The van der Waals surface area contributed by atoms with Gasteiger partial charge in [0.05, 0.1) is 25.7 Å². The lowest BCUT2D eigenvalue weighted by Gasteiger charge is -2.25. The highest BCUT2D eigenvalue weighted by atomic mass is 32.2. The van der Waals surface area contributed by atoms with Crippen molar-refractivity contribution in [3.05, 3.63) is 83.9 Å². The normalized spacial score (nSPS) is 16.0. The average Bonchev–Trinajstić information content (AvgIpc) is 3.23. The van der Waals surface area contributed by atoms with E-state index < -0.39 is 6.04 Å². The van der Waals surface area contributed by atoms with E-state index >= 15 is 0 Å². The second-order valence-electron chi connectivity index (χ2n) is 8.18. The molecule has 8 nitrogen and oxygen atoms in total. The second-order valence-corrected chi connectivity index (χ2v) is 9.12. The van der Waals surface area contributed by atoms with E-state index in [9.17, 15) is 9.59 Å². The van der Waals surface area contributed by atoms with E-state index in [0.29, 0.717) is 34.6 Å². The highest BCUT2D eigenvalue weighted by Crippen LogP contribution is 2.34. The van der Waals surface area contributed by atoms with Crippen LogP contribution in [0.25, 0.3) is 0 Å². The van der Waals surface area contributed by atoms with Gasteiger partial charge in [-0.05, 0) is 17.7 Å². The molecule has 3 aromatic carbocycles. The van der Waals surface area contributed by atoms with Crippen LogP contribution in [-0.2, 0) is 16.0 Å². The third-order valence-corrected chi connectivity index (χ3v) is 6.73. The molecule has 0 radical (unpaired) electrons. The minimum Gasteiger partial charge on any atom is -0.497 e. The van der Waals surface area contributed by atoms with E-state index in [1.54, 1.807) is 37.3 Å². The first-order valence-electron chi connectivity index (χ1n) is 11.3. The van der Waals surface area contributed by atoms with Crippen molar-refractivity contribution in [3.8, 4) is 11.5 Å². The Morgan fingerprint density at radius 3 is 2.42 bits per heavy atom. The Hall–Kier alpha value is -4.11. The number of carbonyl (C=O) groups excluding carboxylic acids is 2. The number of para-hydroxylation sites is 1. The van der Waals surface area contributed by atoms with Gasteiger partial charge >= 0.3 is 0 Å². The summed E-state index contributed by atoms with van der Waals surface area (Å²) in [5.41, 5.74) is 3.11. The van der Waals surface area contributed by atoms with Gasteiger partial charge in [-0.25, -0.2) is 9.89 Å². The highest BCUT2D eigenvalue weighted by molar-refractivity contribution is 8.14. The topological polar surface area (TPSA) is 92.6 Å². The van der Waals surface area contributed by atoms with Crippen molar-refractivity contribution in [2.45, 2.75) is 12.5 Å². The van der Waals surface area contributed by atoms with Crippen LogP contribution in [0.5, 0.6) is 11.5 Å². The van der Waals surface area contributed by atoms with Crippen molar-refractivity contribution in [2.75, 3.05) is 25.3 Å². The summed E-state index contributed by atoms with van der Waals surface area (Å²) < 4.78 is 10.5. The smallest absolute Gasteiger partial charge is 0.259 e. The molecule has 1 atom stereocenters. The van der Waals surface area contributed by atoms with Crippen LogP contribution in [0.4, 0.5) is 11.4 Å². The maximum Gasteiger partial charge on any atom is 0.259 e. The molecule has 2 aliphatic heterocycles. The lowest BCUT2D eigenvalue weighted by atomic mass is 10.1.